The van der Waals surface area contributed by atoms with Crippen molar-refractivity contribution >= 4 is 16.8 Å². The van der Waals surface area contributed by atoms with Crippen molar-refractivity contribution in [2.75, 3.05) is 0 Å². The van der Waals surface area contributed by atoms with Crippen molar-refractivity contribution < 1.29 is 8.49 Å². The smallest absolute Gasteiger partial charge is 0.254 e. The van der Waals surface area contributed by atoms with E-state index in [2.05, 4.69) is 17.3 Å². The molecule has 3 aromatic rings. The van der Waals surface area contributed by atoms with Crippen LogP contribution in [0.15, 0.2) is 84.0 Å². The van der Waals surface area contributed by atoms with Gasteiger partial charge in [0.1, 0.15) is 5.71 Å². The SMILES string of the molecule is O=S1ON=C(c2ccccc2)C12c1ccccc1-c1ccccc12. The number of benzene rings is 3. The van der Waals surface area contributed by atoms with E-state index < -0.39 is 15.8 Å². The van der Waals surface area contributed by atoms with Crippen LogP contribution in [0.1, 0.15) is 16.7 Å². The largest absolute Gasteiger partial charge is 0.290 e. The summed E-state index contributed by atoms with van der Waals surface area (Å²) in [5.74, 6) is 0. The van der Waals surface area contributed by atoms with Gasteiger partial charge in [0.05, 0.1) is 0 Å². The van der Waals surface area contributed by atoms with Gasteiger partial charge in [-0.2, -0.15) is 0 Å². The normalized spacial score (nSPS) is 19.5. The third kappa shape index (κ3) is 1.56. The zero-order valence-electron chi connectivity index (χ0n) is 12.7. The fourth-order valence-corrected chi connectivity index (χ4v) is 5.03. The molecule has 0 N–H and O–H groups in total. The van der Waals surface area contributed by atoms with E-state index in [0.717, 1.165) is 27.8 Å². The lowest BCUT2D eigenvalue weighted by atomic mass is 9.87. The lowest BCUT2D eigenvalue weighted by molar-refractivity contribution is 0.384. The lowest BCUT2D eigenvalue weighted by Crippen LogP contribution is -2.36. The third-order valence-electron chi connectivity index (χ3n) is 4.73. The van der Waals surface area contributed by atoms with E-state index in [1.165, 1.54) is 0 Å². The van der Waals surface area contributed by atoms with Gasteiger partial charge in [0, 0.05) is 5.56 Å². The van der Waals surface area contributed by atoms with Crippen molar-refractivity contribution in [1.82, 2.24) is 0 Å². The van der Waals surface area contributed by atoms with E-state index in [1.807, 2.05) is 66.7 Å². The maximum atomic E-state index is 13.1. The van der Waals surface area contributed by atoms with Crippen LogP contribution in [0.4, 0.5) is 0 Å². The summed E-state index contributed by atoms with van der Waals surface area (Å²) in [6.45, 7) is 0. The molecule has 4 heteroatoms. The maximum absolute atomic E-state index is 13.1. The molecule has 2 aliphatic rings. The van der Waals surface area contributed by atoms with Crippen molar-refractivity contribution in [1.29, 1.82) is 0 Å². The lowest BCUT2D eigenvalue weighted by Gasteiger charge is -2.24. The molecular formula is C20H13NO2S. The minimum atomic E-state index is -1.61. The second-order valence-electron chi connectivity index (χ2n) is 5.89. The van der Waals surface area contributed by atoms with E-state index in [9.17, 15) is 4.21 Å². The number of hydrogen-bond donors (Lipinski definition) is 0. The second-order valence-corrected chi connectivity index (χ2v) is 7.12. The average Bonchev–Trinajstić information content (AvgIpc) is 3.14. The molecular weight excluding hydrogens is 318 g/mol. The molecule has 0 radical (unpaired) electrons. The summed E-state index contributed by atoms with van der Waals surface area (Å²) in [4.78, 5) is 0. The third-order valence-corrected chi connectivity index (χ3v) is 6.07. The van der Waals surface area contributed by atoms with Gasteiger partial charge in [-0.15, -0.1) is 0 Å². The Balaban J connectivity index is 1.89. The monoisotopic (exact) mass is 331 g/mol. The van der Waals surface area contributed by atoms with Crippen molar-refractivity contribution in [3.63, 3.8) is 0 Å². The van der Waals surface area contributed by atoms with Gasteiger partial charge in [0.25, 0.3) is 11.1 Å². The van der Waals surface area contributed by atoms with Gasteiger partial charge in [-0.1, -0.05) is 84.0 Å². The highest BCUT2D eigenvalue weighted by molar-refractivity contribution is 7.82. The fourth-order valence-electron chi connectivity index (χ4n) is 3.75. The Bertz CT molecular complexity index is 965. The Kier molecular flexibility index (Phi) is 2.79. The van der Waals surface area contributed by atoms with Crippen molar-refractivity contribution in [3.8, 4) is 11.1 Å². The Morgan fingerprint density at radius 3 is 1.92 bits per heavy atom. The van der Waals surface area contributed by atoms with Crippen LogP contribution in [0, 0.1) is 0 Å². The van der Waals surface area contributed by atoms with Crippen LogP contribution < -0.4 is 0 Å². The number of nitrogens with zero attached hydrogens (tertiary/aromatic N) is 1. The Hall–Kier alpha value is -2.72. The highest BCUT2D eigenvalue weighted by atomic mass is 32.2. The Morgan fingerprint density at radius 2 is 1.29 bits per heavy atom. The zero-order valence-corrected chi connectivity index (χ0v) is 13.5. The molecule has 1 heterocycles. The van der Waals surface area contributed by atoms with Crippen LogP contribution >= 0.6 is 0 Å². The maximum Gasteiger partial charge on any atom is 0.254 e. The fraction of sp³-hybridized carbons (Fsp3) is 0.0500. The molecule has 1 aliphatic carbocycles. The number of oxime groups is 1. The number of rotatable bonds is 1. The predicted molar refractivity (Wildman–Crippen MR) is 94.9 cm³/mol. The standard InChI is InChI=1S/C20H13NO2S/c22-24-20(19(21-23-24)14-8-2-1-3-9-14)17-12-6-4-10-15(17)16-11-5-7-13-18(16)20/h1-13H. The molecule has 0 saturated heterocycles. The molecule has 24 heavy (non-hydrogen) atoms. The molecule has 5 rings (SSSR count). The first-order valence-corrected chi connectivity index (χ1v) is 8.83. The van der Waals surface area contributed by atoms with Gasteiger partial charge < -0.3 is 0 Å². The highest BCUT2D eigenvalue weighted by Gasteiger charge is 2.57. The first-order valence-electron chi connectivity index (χ1n) is 7.76. The van der Waals surface area contributed by atoms with Gasteiger partial charge >= 0.3 is 0 Å². The van der Waals surface area contributed by atoms with Crippen molar-refractivity contribution in [2.45, 2.75) is 4.75 Å². The molecule has 1 atom stereocenters. The molecule has 3 nitrogen and oxygen atoms in total. The molecule has 0 saturated carbocycles. The first-order chi connectivity index (χ1) is 11.8. The van der Waals surface area contributed by atoms with Crippen LogP contribution in [0.25, 0.3) is 11.1 Å². The minimum Gasteiger partial charge on any atom is -0.290 e. The first kappa shape index (κ1) is 13.7. The zero-order chi connectivity index (χ0) is 16.1. The average molecular weight is 331 g/mol. The predicted octanol–water partition coefficient (Wildman–Crippen LogP) is 4.01. The van der Waals surface area contributed by atoms with Gasteiger partial charge in [-0.3, -0.25) is 4.28 Å². The molecule has 0 fully saturated rings. The van der Waals surface area contributed by atoms with E-state index in [1.54, 1.807) is 0 Å². The Labute approximate surface area is 142 Å². The van der Waals surface area contributed by atoms with Crippen molar-refractivity contribution in [2.24, 2.45) is 5.16 Å². The van der Waals surface area contributed by atoms with Crippen LogP contribution in [0.2, 0.25) is 0 Å². The quantitative estimate of drug-likeness (QED) is 0.676. The number of hydrogen-bond acceptors (Lipinski definition) is 3. The van der Waals surface area contributed by atoms with Gasteiger partial charge in [0.2, 0.25) is 0 Å². The highest BCUT2D eigenvalue weighted by Crippen LogP contribution is 2.54. The minimum absolute atomic E-state index is 0.707. The van der Waals surface area contributed by atoms with Crippen LogP contribution in [-0.2, 0) is 20.1 Å². The number of fused-ring (bicyclic) bond motifs is 5. The van der Waals surface area contributed by atoms with E-state index >= 15 is 0 Å². The van der Waals surface area contributed by atoms with E-state index in [4.69, 9.17) is 4.28 Å². The van der Waals surface area contributed by atoms with Gasteiger partial charge in [0.15, 0.2) is 4.75 Å². The molecule has 0 aromatic heterocycles. The summed E-state index contributed by atoms with van der Waals surface area (Å²) < 4.78 is 17.5. The summed E-state index contributed by atoms with van der Waals surface area (Å²) >= 11 is -1.61. The molecule has 1 unspecified atom stereocenters. The molecule has 0 amide bonds. The van der Waals surface area contributed by atoms with E-state index in [0.29, 0.717) is 5.71 Å². The second kappa shape index (κ2) is 4.89. The van der Waals surface area contributed by atoms with Crippen molar-refractivity contribution in [3.05, 3.63) is 95.6 Å². The topological polar surface area (TPSA) is 38.7 Å². The summed E-state index contributed by atoms with van der Waals surface area (Å²) in [6.07, 6.45) is 0. The summed E-state index contributed by atoms with van der Waals surface area (Å²) in [5.41, 5.74) is 5.80. The summed E-state index contributed by atoms with van der Waals surface area (Å²) in [7, 11) is 0. The molecule has 3 aromatic carbocycles. The van der Waals surface area contributed by atoms with Gasteiger partial charge in [-0.05, 0) is 22.3 Å². The molecule has 1 spiro atoms. The molecule has 0 bridgehead atoms. The van der Waals surface area contributed by atoms with Crippen LogP contribution in [-0.4, -0.2) is 9.92 Å². The summed E-state index contributed by atoms with van der Waals surface area (Å²) in [5, 5.41) is 4.24. The molecule has 116 valence electrons. The van der Waals surface area contributed by atoms with E-state index in [-0.39, 0.29) is 0 Å². The van der Waals surface area contributed by atoms with Gasteiger partial charge in [-0.25, -0.2) is 4.21 Å². The summed E-state index contributed by atoms with van der Waals surface area (Å²) in [6, 6.07) is 26.0. The molecule has 1 aliphatic heterocycles. The Morgan fingerprint density at radius 1 is 0.750 bits per heavy atom. The van der Waals surface area contributed by atoms with Crippen LogP contribution in [0.3, 0.4) is 0 Å². The van der Waals surface area contributed by atoms with Crippen LogP contribution in [0.5, 0.6) is 0 Å².